The zero-order valence-electron chi connectivity index (χ0n) is 17.8. The Hall–Kier alpha value is -0.650. The molecular formula is C21H41NO4. The second kappa shape index (κ2) is 11.9. The van der Waals surface area contributed by atoms with E-state index < -0.39 is 0 Å². The van der Waals surface area contributed by atoms with Gasteiger partial charge in [0.2, 0.25) is 5.91 Å². The van der Waals surface area contributed by atoms with Gasteiger partial charge in [0.1, 0.15) is 0 Å². The van der Waals surface area contributed by atoms with Gasteiger partial charge in [-0.2, -0.15) is 0 Å². The van der Waals surface area contributed by atoms with Crippen molar-refractivity contribution in [2.75, 3.05) is 26.9 Å². The summed E-state index contributed by atoms with van der Waals surface area (Å²) in [6.45, 7) is 13.2. The highest BCUT2D eigenvalue weighted by Gasteiger charge is 2.29. The average Bonchev–Trinajstić information content (AvgIpc) is 2.58. The molecule has 4 unspecified atom stereocenters. The summed E-state index contributed by atoms with van der Waals surface area (Å²) >= 11 is 0. The number of methoxy groups -OCH3 is 1. The Kier molecular flexibility index (Phi) is 10.7. The van der Waals surface area contributed by atoms with Crippen molar-refractivity contribution in [3.63, 3.8) is 0 Å². The van der Waals surface area contributed by atoms with E-state index >= 15 is 0 Å². The van der Waals surface area contributed by atoms with Crippen molar-refractivity contribution in [3.05, 3.63) is 0 Å². The summed E-state index contributed by atoms with van der Waals surface area (Å²) < 4.78 is 16.4. The standard InChI is InChI=1S/C17H31NO3.C4H10O/c1-12-5-6-14(21-13(12)2)9-16(19)18-10-15-7-8-17(3,4)11-20-15;1-3-4-5-2/h12-15H,5-11H2,1-4H3,(H,18,19);3-4H2,1-2H3. The summed E-state index contributed by atoms with van der Waals surface area (Å²) in [6, 6.07) is 0. The first kappa shape index (κ1) is 23.4. The molecule has 4 atom stereocenters. The molecule has 1 N–H and O–H groups in total. The van der Waals surface area contributed by atoms with Crippen molar-refractivity contribution >= 4 is 5.91 Å². The fourth-order valence-electron chi connectivity index (χ4n) is 3.26. The number of carbonyl (C=O) groups excluding carboxylic acids is 1. The van der Waals surface area contributed by atoms with Gasteiger partial charge in [0, 0.05) is 20.3 Å². The normalized spacial score (nSPS) is 30.8. The average molecular weight is 372 g/mol. The third-order valence-electron chi connectivity index (χ3n) is 5.35. The van der Waals surface area contributed by atoms with E-state index in [9.17, 15) is 4.79 Å². The van der Waals surface area contributed by atoms with Crippen molar-refractivity contribution in [1.29, 1.82) is 0 Å². The molecule has 2 heterocycles. The molecule has 1 amide bonds. The van der Waals surface area contributed by atoms with E-state index in [4.69, 9.17) is 14.2 Å². The predicted molar refractivity (Wildman–Crippen MR) is 105 cm³/mol. The molecule has 2 aliphatic rings. The molecule has 0 radical (unpaired) electrons. The molecular weight excluding hydrogens is 330 g/mol. The molecule has 154 valence electrons. The number of ether oxygens (including phenoxy) is 3. The molecule has 0 saturated carbocycles. The van der Waals surface area contributed by atoms with Crippen LogP contribution in [0.15, 0.2) is 0 Å². The van der Waals surface area contributed by atoms with Crippen LogP contribution in [-0.2, 0) is 19.0 Å². The van der Waals surface area contributed by atoms with Crippen LogP contribution in [0.2, 0.25) is 0 Å². The number of nitrogens with one attached hydrogen (secondary N) is 1. The van der Waals surface area contributed by atoms with Crippen LogP contribution in [0, 0.1) is 11.3 Å². The maximum absolute atomic E-state index is 12.0. The molecule has 2 rings (SSSR count). The monoisotopic (exact) mass is 371 g/mol. The van der Waals surface area contributed by atoms with E-state index in [1.807, 2.05) is 0 Å². The summed E-state index contributed by atoms with van der Waals surface area (Å²) in [4.78, 5) is 12.0. The van der Waals surface area contributed by atoms with Gasteiger partial charge < -0.3 is 19.5 Å². The van der Waals surface area contributed by atoms with Crippen LogP contribution < -0.4 is 5.32 Å². The van der Waals surface area contributed by atoms with E-state index in [0.717, 1.165) is 45.3 Å². The van der Waals surface area contributed by atoms with Gasteiger partial charge in [0.15, 0.2) is 0 Å². The van der Waals surface area contributed by atoms with E-state index in [1.165, 1.54) is 0 Å². The maximum Gasteiger partial charge on any atom is 0.222 e. The largest absolute Gasteiger partial charge is 0.385 e. The highest BCUT2D eigenvalue weighted by atomic mass is 16.5. The highest BCUT2D eigenvalue weighted by Crippen LogP contribution is 2.29. The minimum atomic E-state index is 0.0856. The third kappa shape index (κ3) is 9.33. The lowest BCUT2D eigenvalue weighted by atomic mass is 9.85. The SMILES string of the molecule is CC1CCC(CC(=O)NCC2CCC(C)(C)CO2)OC1C.CCCOC. The summed E-state index contributed by atoms with van der Waals surface area (Å²) in [5, 5.41) is 3.01. The zero-order chi connectivity index (χ0) is 19.6. The Morgan fingerprint density at radius 2 is 1.92 bits per heavy atom. The molecule has 0 bridgehead atoms. The molecule has 26 heavy (non-hydrogen) atoms. The number of carbonyl (C=O) groups is 1. The van der Waals surface area contributed by atoms with E-state index in [-0.39, 0.29) is 29.6 Å². The number of hydrogen-bond acceptors (Lipinski definition) is 4. The third-order valence-corrected chi connectivity index (χ3v) is 5.35. The lowest BCUT2D eigenvalue weighted by Gasteiger charge is -2.35. The smallest absolute Gasteiger partial charge is 0.222 e. The van der Waals surface area contributed by atoms with Gasteiger partial charge in [0.25, 0.3) is 0 Å². The van der Waals surface area contributed by atoms with Crippen molar-refractivity contribution in [3.8, 4) is 0 Å². The lowest BCUT2D eigenvalue weighted by molar-refractivity contribution is -0.130. The van der Waals surface area contributed by atoms with Crippen LogP contribution in [0.4, 0.5) is 0 Å². The molecule has 0 spiro atoms. The quantitative estimate of drug-likeness (QED) is 0.768. The first-order chi connectivity index (χ1) is 12.3. The number of hydrogen-bond donors (Lipinski definition) is 1. The first-order valence-electron chi connectivity index (χ1n) is 10.3. The molecule has 2 aliphatic heterocycles. The Balaban J connectivity index is 0.000000597. The molecule has 2 saturated heterocycles. The molecule has 0 aromatic heterocycles. The van der Waals surface area contributed by atoms with Crippen molar-refractivity contribution in [2.45, 2.75) is 91.5 Å². The lowest BCUT2D eigenvalue weighted by Crippen LogP contribution is -2.41. The minimum Gasteiger partial charge on any atom is -0.385 e. The zero-order valence-corrected chi connectivity index (χ0v) is 17.8. The Bertz CT molecular complexity index is 387. The maximum atomic E-state index is 12.0. The predicted octanol–water partition coefficient (Wildman–Crippen LogP) is 3.94. The van der Waals surface area contributed by atoms with Gasteiger partial charge in [-0.25, -0.2) is 0 Å². The van der Waals surface area contributed by atoms with E-state index in [2.05, 4.69) is 39.9 Å². The second-order valence-electron chi connectivity index (χ2n) is 8.65. The highest BCUT2D eigenvalue weighted by molar-refractivity contribution is 5.76. The van der Waals surface area contributed by atoms with Crippen molar-refractivity contribution in [1.82, 2.24) is 5.32 Å². The molecule has 0 aromatic rings. The van der Waals surface area contributed by atoms with Crippen LogP contribution in [0.1, 0.15) is 73.1 Å². The fourth-order valence-corrected chi connectivity index (χ4v) is 3.26. The van der Waals surface area contributed by atoms with E-state index in [1.54, 1.807) is 7.11 Å². The van der Waals surface area contributed by atoms with Crippen LogP contribution in [0.25, 0.3) is 0 Å². The van der Waals surface area contributed by atoms with Crippen LogP contribution in [-0.4, -0.2) is 51.1 Å². The van der Waals surface area contributed by atoms with Gasteiger partial charge in [-0.3, -0.25) is 4.79 Å². The van der Waals surface area contributed by atoms with Gasteiger partial charge in [-0.1, -0.05) is 27.7 Å². The van der Waals surface area contributed by atoms with Gasteiger partial charge in [-0.05, 0) is 50.4 Å². The minimum absolute atomic E-state index is 0.0856. The first-order valence-corrected chi connectivity index (χ1v) is 10.3. The fraction of sp³-hybridized carbons (Fsp3) is 0.952. The topological polar surface area (TPSA) is 56.8 Å². The molecule has 0 aliphatic carbocycles. The van der Waals surface area contributed by atoms with Crippen LogP contribution in [0.3, 0.4) is 0 Å². The van der Waals surface area contributed by atoms with Crippen LogP contribution >= 0.6 is 0 Å². The summed E-state index contributed by atoms with van der Waals surface area (Å²) in [7, 11) is 1.71. The Morgan fingerprint density at radius 3 is 2.42 bits per heavy atom. The molecule has 5 heteroatoms. The second-order valence-corrected chi connectivity index (χ2v) is 8.65. The Morgan fingerprint density at radius 1 is 1.19 bits per heavy atom. The van der Waals surface area contributed by atoms with Gasteiger partial charge >= 0.3 is 0 Å². The van der Waals surface area contributed by atoms with Gasteiger partial charge in [-0.15, -0.1) is 0 Å². The number of rotatable bonds is 6. The summed E-state index contributed by atoms with van der Waals surface area (Å²) in [5.41, 5.74) is 0.281. The number of amides is 1. The molecule has 0 aromatic carbocycles. The van der Waals surface area contributed by atoms with Crippen molar-refractivity contribution < 1.29 is 19.0 Å². The summed E-state index contributed by atoms with van der Waals surface area (Å²) in [5.74, 6) is 0.693. The molecule has 5 nitrogen and oxygen atoms in total. The van der Waals surface area contributed by atoms with Crippen molar-refractivity contribution in [2.24, 2.45) is 11.3 Å². The van der Waals surface area contributed by atoms with Gasteiger partial charge in [0.05, 0.1) is 31.3 Å². The van der Waals surface area contributed by atoms with Crippen LogP contribution in [0.5, 0.6) is 0 Å². The molecule has 2 fully saturated rings. The van der Waals surface area contributed by atoms with E-state index in [0.29, 0.717) is 18.9 Å². The Labute approximate surface area is 160 Å². The summed E-state index contributed by atoms with van der Waals surface area (Å²) in [6.07, 6.45) is 6.46.